The molecule has 0 aliphatic carbocycles. The van der Waals surface area contributed by atoms with Gasteiger partial charge in [0.2, 0.25) is 11.8 Å². The fourth-order valence-corrected chi connectivity index (χ4v) is 4.66. The summed E-state index contributed by atoms with van der Waals surface area (Å²) in [6, 6.07) is 10.4. The Morgan fingerprint density at radius 1 is 1.21 bits per heavy atom. The summed E-state index contributed by atoms with van der Waals surface area (Å²) in [6.07, 6.45) is 4.72. The lowest BCUT2D eigenvalue weighted by Crippen LogP contribution is -2.60. The number of nitrogens with one attached hydrogen (secondary N) is 1. The smallest absolute Gasteiger partial charge is 0.245 e. The van der Waals surface area contributed by atoms with Gasteiger partial charge in [0.25, 0.3) is 0 Å². The number of piperidine rings is 1. The van der Waals surface area contributed by atoms with Gasteiger partial charge >= 0.3 is 0 Å². The van der Waals surface area contributed by atoms with Gasteiger partial charge in [0, 0.05) is 42.3 Å². The number of aliphatic hydroxyl groups is 1. The average molecular weight is 472 g/mol. The SMILES string of the molecule is CC(C)[C@@H](NC(=O)CCc1cccnc1)C(=O)N1CC[C@](O)(c2ccc(Cl)cc2)C(C)(C)C1. The van der Waals surface area contributed by atoms with E-state index in [-0.39, 0.29) is 17.7 Å². The summed E-state index contributed by atoms with van der Waals surface area (Å²) in [6.45, 7) is 8.61. The molecule has 0 unspecified atom stereocenters. The molecule has 2 amide bonds. The number of hydrogen-bond donors (Lipinski definition) is 2. The maximum atomic E-state index is 13.4. The van der Waals surface area contributed by atoms with Gasteiger partial charge in [-0.2, -0.15) is 0 Å². The summed E-state index contributed by atoms with van der Waals surface area (Å²) in [4.78, 5) is 31.9. The molecule has 1 saturated heterocycles. The predicted molar refractivity (Wildman–Crippen MR) is 130 cm³/mol. The van der Waals surface area contributed by atoms with Gasteiger partial charge in [-0.25, -0.2) is 0 Å². The number of carbonyl (C=O) groups is 2. The van der Waals surface area contributed by atoms with Crippen LogP contribution in [0.2, 0.25) is 5.02 Å². The molecule has 0 spiro atoms. The van der Waals surface area contributed by atoms with Crippen LogP contribution in [0.3, 0.4) is 0 Å². The Bertz CT molecular complexity index is 963. The van der Waals surface area contributed by atoms with Crippen molar-refractivity contribution >= 4 is 23.4 Å². The second-order valence-corrected chi connectivity index (χ2v) is 10.3. The third-order valence-electron chi connectivity index (χ3n) is 6.70. The first-order valence-electron chi connectivity index (χ1n) is 11.5. The van der Waals surface area contributed by atoms with E-state index in [0.29, 0.717) is 37.4 Å². The van der Waals surface area contributed by atoms with Crippen LogP contribution in [0.1, 0.15) is 51.7 Å². The number of nitrogens with zero attached hydrogens (tertiary/aromatic N) is 2. The number of halogens is 1. The first-order valence-corrected chi connectivity index (χ1v) is 11.9. The van der Waals surface area contributed by atoms with Gasteiger partial charge in [-0.1, -0.05) is 57.5 Å². The third kappa shape index (κ3) is 5.74. The van der Waals surface area contributed by atoms with Crippen molar-refractivity contribution in [3.05, 3.63) is 64.9 Å². The number of rotatable bonds is 7. The second kappa shape index (κ2) is 10.2. The lowest BCUT2D eigenvalue weighted by molar-refractivity contribution is -0.156. The number of likely N-dealkylation sites (tertiary alicyclic amines) is 1. The number of hydrogen-bond acceptors (Lipinski definition) is 4. The summed E-state index contributed by atoms with van der Waals surface area (Å²) in [5.41, 5.74) is 0.127. The lowest BCUT2D eigenvalue weighted by atomic mass is 9.66. The maximum absolute atomic E-state index is 13.4. The molecule has 1 fully saturated rings. The van der Waals surface area contributed by atoms with Crippen molar-refractivity contribution in [3.63, 3.8) is 0 Å². The summed E-state index contributed by atoms with van der Waals surface area (Å²) in [5.74, 6) is -0.314. The molecular formula is C26H34ClN3O3. The van der Waals surface area contributed by atoms with Gasteiger partial charge in [0.1, 0.15) is 6.04 Å². The molecule has 2 aromatic rings. The van der Waals surface area contributed by atoms with Crippen LogP contribution >= 0.6 is 11.6 Å². The Hall–Kier alpha value is -2.44. The van der Waals surface area contributed by atoms with Crippen LogP contribution in [0.15, 0.2) is 48.8 Å². The fraction of sp³-hybridized carbons (Fsp3) is 0.500. The number of carbonyl (C=O) groups excluding carboxylic acids is 2. The zero-order valence-corrected chi connectivity index (χ0v) is 20.6. The van der Waals surface area contributed by atoms with Crippen LogP contribution in [0, 0.1) is 11.3 Å². The second-order valence-electron chi connectivity index (χ2n) is 9.91. The van der Waals surface area contributed by atoms with Crippen molar-refractivity contribution in [2.75, 3.05) is 13.1 Å². The molecule has 3 rings (SSSR count). The normalized spacial score (nSPS) is 21.0. The Labute approximate surface area is 201 Å². The molecule has 1 aromatic carbocycles. The van der Waals surface area contributed by atoms with E-state index >= 15 is 0 Å². The molecule has 1 aromatic heterocycles. The minimum Gasteiger partial charge on any atom is -0.384 e. The van der Waals surface area contributed by atoms with Crippen molar-refractivity contribution < 1.29 is 14.7 Å². The molecule has 2 N–H and O–H groups in total. The van der Waals surface area contributed by atoms with Gasteiger partial charge in [0.15, 0.2) is 0 Å². The summed E-state index contributed by atoms with van der Waals surface area (Å²) in [7, 11) is 0. The van der Waals surface area contributed by atoms with Crippen molar-refractivity contribution in [1.29, 1.82) is 0 Å². The van der Waals surface area contributed by atoms with Gasteiger partial charge < -0.3 is 15.3 Å². The van der Waals surface area contributed by atoms with Gasteiger partial charge in [-0.15, -0.1) is 0 Å². The van der Waals surface area contributed by atoms with E-state index in [1.54, 1.807) is 29.4 Å². The standard InChI is InChI=1S/C26H34ClN3O3/c1-18(2)23(29-22(31)12-7-19-6-5-14-28-16-19)24(32)30-15-13-26(33,25(3,4)17-30)20-8-10-21(27)11-9-20/h5-6,8-11,14,16,18,23,33H,7,12-13,15,17H2,1-4H3,(H,29,31)/t23-,26+/m1/s1. The van der Waals surface area contributed by atoms with E-state index in [1.807, 2.05) is 52.0 Å². The van der Waals surface area contributed by atoms with Crippen LogP contribution in [0.4, 0.5) is 0 Å². The molecule has 33 heavy (non-hydrogen) atoms. The van der Waals surface area contributed by atoms with Crippen molar-refractivity contribution in [3.8, 4) is 0 Å². The van der Waals surface area contributed by atoms with Crippen LogP contribution in [0.5, 0.6) is 0 Å². The van der Waals surface area contributed by atoms with Crippen molar-refractivity contribution in [2.24, 2.45) is 11.3 Å². The molecule has 0 radical (unpaired) electrons. The monoisotopic (exact) mass is 471 g/mol. The summed E-state index contributed by atoms with van der Waals surface area (Å²) < 4.78 is 0. The van der Waals surface area contributed by atoms with E-state index in [4.69, 9.17) is 11.6 Å². The van der Waals surface area contributed by atoms with Crippen LogP contribution < -0.4 is 5.32 Å². The van der Waals surface area contributed by atoms with E-state index in [9.17, 15) is 14.7 Å². The van der Waals surface area contributed by atoms with Crippen LogP contribution in [0.25, 0.3) is 0 Å². The molecule has 2 atom stereocenters. The third-order valence-corrected chi connectivity index (χ3v) is 6.95. The molecule has 1 aliphatic heterocycles. The zero-order chi connectivity index (χ0) is 24.2. The highest BCUT2D eigenvalue weighted by Crippen LogP contribution is 2.46. The summed E-state index contributed by atoms with van der Waals surface area (Å²) in [5, 5.41) is 15.1. The highest BCUT2D eigenvalue weighted by molar-refractivity contribution is 6.30. The Balaban J connectivity index is 1.67. The molecular weight excluding hydrogens is 438 g/mol. The number of amides is 2. The first kappa shape index (κ1) is 25.2. The van der Waals surface area contributed by atoms with Gasteiger partial charge in [0.05, 0.1) is 5.60 Å². The lowest BCUT2D eigenvalue weighted by Gasteiger charge is -2.51. The fourth-order valence-electron chi connectivity index (χ4n) is 4.53. The Morgan fingerprint density at radius 3 is 2.48 bits per heavy atom. The van der Waals surface area contributed by atoms with Crippen molar-refractivity contribution in [2.45, 2.75) is 58.6 Å². The van der Waals surface area contributed by atoms with Gasteiger partial charge in [-0.05, 0) is 48.1 Å². The predicted octanol–water partition coefficient (Wildman–Crippen LogP) is 3.95. The zero-order valence-electron chi connectivity index (χ0n) is 19.8. The molecule has 0 saturated carbocycles. The number of pyridine rings is 1. The first-order chi connectivity index (χ1) is 15.5. The minimum atomic E-state index is -1.07. The van der Waals surface area contributed by atoms with E-state index in [1.165, 1.54) is 0 Å². The number of aryl methyl sites for hydroxylation is 1. The molecule has 6 nitrogen and oxygen atoms in total. The number of benzene rings is 1. The minimum absolute atomic E-state index is 0.0555. The highest BCUT2D eigenvalue weighted by Gasteiger charge is 2.50. The van der Waals surface area contributed by atoms with E-state index < -0.39 is 17.1 Å². The highest BCUT2D eigenvalue weighted by atomic mass is 35.5. The van der Waals surface area contributed by atoms with E-state index in [2.05, 4.69) is 10.3 Å². The number of aromatic nitrogens is 1. The Morgan fingerprint density at radius 2 is 1.91 bits per heavy atom. The Kier molecular flexibility index (Phi) is 7.80. The molecule has 178 valence electrons. The van der Waals surface area contributed by atoms with Crippen LogP contribution in [-0.2, 0) is 21.6 Å². The van der Waals surface area contributed by atoms with E-state index in [0.717, 1.165) is 11.1 Å². The topological polar surface area (TPSA) is 82.5 Å². The quantitative estimate of drug-likeness (QED) is 0.640. The molecule has 7 heteroatoms. The van der Waals surface area contributed by atoms with Crippen molar-refractivity contribution in [1.82, 2.24) is 15.2 Å². The molecule has 1 aliphatic rings. The summed E-state index contributed by atoms with van der Waals surface area (Å²) >= 11 is 6.02. The average Bonchev–Trinajstić information content (AvgIpc) is 2.78. The molecule has 0 bridgehead atoms. The maximum Gasteiger partial charge on any atom is 0.245 e. The largest absolute Gasteiger partial charge is 0.384 e. The van der Waals surface area contributed by atoms with Crippen LogP contribution in [-0.4, -0.2) is 45.9 Å². The van der Waals surface area contributed by atoms with Gasteiger partial charge in [-0.3, -0.25) is 14.6 Å². The molecule has 2 heterocycles.